The van der Waals surface area contributed by atoms with Crippen molar-refractivity contribution in [1.29, 1.82) is 0 Å². The second-order valence-electron chi connectivity index (χ2n) is 11.1. The fourth-order valence-electron chi connectivity index (χ4n) is 6.68. The van der Waals surface area contributed by atoms with Crippen molar-refractivity contribution in [2.75, 3.05) is 0 Å². The standard InChI is InChI=1S/C37H27N/c1-37(2)33-17-14-25(23-9-5-3-6-10-23)19-30(33)28-16-13-27-21-32-31-20-26(24-11-7-4-8-12-24)15-18-34(31)38-35(32)22-29(27)36(28)37/h3-22,38H,1-2H3. The van der Waals surface area contributed by atoms with Crippen molar-refractivity contribution < 1.29 is 0 Å². The number of hydrogen-bond donors (Lipinski definition) is 1. The minimum atomic E-state index is -0.0699. The molecule has 1 heteroatoms. The third kappa shape index (κ3) is 2.99. The molecule has 1 aliphatic rings. The topological polar surface area (TPSA) is 15.8 Å². The van der Waals surface area contributed by atoms with Crippen molar-refractivity contribution >= 4 is 32.6 Å². The smallest absolute Gasteiger partial charge is 0.0471 e. The van der Waals surface area contributed by atoms with Crippen molar-refractivity contribution in [3.63, 3.8) is 0 Å². The van der Waals surface area contributed by atoms with Crippen LogP contribution in [0.25, 0.3) is 66.0 Å². The van der Waals surface area contributed by atoms with Crippen LogP contribution < -0.4 is 0 Å². The summed E-state index contributed by atoms with van der Waals surface area (Å²) in [4.78, 5) is 3.72. The Bertz CT molecular complexity index is 2030. The van der Waals surface area contributed by atoms with Gasteiger partial charge in [0.2, 0.25) is 0 Å². The fourth-order valence-corrected chi connectivity index (χ4v) is 6.68. The van der Waals surface area contributed by atoms with Crippen LogP contribution in [-0.4, -0.2) is 4.98 Å². The monoisotopic (exact) mass is 485 g/mol. The third-order valence-electron chi connectivity index (χ3n) is 8.56. The predicted octanol–water partition coefficient (Wildman–Crippen LogP) is 10.1. The van der Waals surface area contributed by atoms with Crippen molar-refractivity contribution in [1.82, 2.24) is 4.98 Å². The highest BCUT2D eigenvalue weighted by Gasteiger charge is 2.37. The van der Waals surface area contributed by atoms with E-state index in [-0.39, 0.29) is 5.41 Å². The van der Waals surface area contributed by atoms with E-state index < -0.39 is 0 Å². The average Bonchev–Trinajstić information content (AvgIpc) is 3.43. The summed E-state index contributed by atoms with van der Waals surface area (Å²) < 4.78 is 0. The number of hydrogen-bond acceptors (Lipinski definition) is 0. The van der Waals surface area contributed by atoms with Gasteiger partial charge in [-0.05, 0) is 85.6 Å². The molecular formula is C37H27N. The minimum absolute atomic E-state index is 0.0699. The average molecular weight is 486 g/mol. The van der Waals surface area contributed by atoms with Gasteiger partial charge in [-0.2, -0.15) is 0 Å². The van der Waals surface area contributed by atoms with Crippen LogP contribution in [0.5, 0.6) is 0 Å². The molecule has 0 spiro atoms. The highest BCUT2D eigenvalue weighted by atomic mass is 14.7. The van der Waals surface area contributed by atoms with Gasteiger partial charge in [0.1, 0.15) is 0 Å². The normalized spacial score (nSPS) is 13.7. The lowest BCUT2D eigenvalue weighted by molar-refractivity contribution is 0.666. The lowest BCUT2D eigenvalue weighted by Gasteiger charge is -2.23. The second kappa shape index (κ2) is 7.69. The molecule has 0 saturated heterocycles. The Morgan fingerprint density at radius 3 is 1.87 bits per heavy atom. The Balaban J connectivity index is 1.34. The van der Waals surface area contributed by atoms with Gasteiger partial charge in [0, 0.05) is 27.2 Å². The number of H-pyrrole nitrogens is 1. The molecule has 0 unspecified atom stereocenters. The van der Waals surface area contributed by atoms with Gasteiger partial charge in [-0.3, -0.25) is 0 Å². The fraction of sp³-hybridized carbons (Fsp3) is 0.0811. The van der Waals surface area contributed by atoms with Crippen LogP contribution in [0.1, 0.15) is 25.0 Å². The summed E-state index contributed by atoms with van der Waals surface area (Å²) in [5.41, 5.74) is 12.9. The summed E-state index contributed by atoms with van der Waals surface area (Å²) in [6.45, 7) is 4.75. The van der Waals surface area contributed by atoms with Crippen LogP contribution >= 0.6 is 0 Å². The summed E-state index contributed by atoms with van der Waals surface area (Å²) in [7, 11) is 0. The van der Waals surface area contributed by atoms with Crippen molar-refractivity contribution in [3.05, 3.63) is 132 Å². The van der Waals surface area contributed by atoms with Crippen LogP contribution in [0.3, 0.4) is 0 Å². The maximum atomic E-state index is 3.72. The van der Waals surface area contributed by atoms with Gasteiger partial charge in [-0.1, -0.05) is 105 Å². The van der Waals surface area contributed by atoms with E-state index in [0.717, 1.165) is 0 Å². The predicted molar refractivity (Wildman–Crippen MR) is 162 cm³/mol. The molecule has 1 N–H and O–H groups in total. The lowest BCUT2D eigenvalue weighted by atomic mass is 9.80. The zero-order valence-electron chi connectivity index (χ0n) is 21.5. The third-order valence-corrected chi connectivity index (χ3v) is 8.56. The van der Waals surface area contributed by atoms with E-state index >= 15 is 0 Å². The van der Waals surface area contributed by atoms with E-state index in [1.807, 2.05) is 0 Å². The number of aromatic amines is 1. The van der Waals surface area contributed by atoms with Crippen molar-refractivity contribution in [2.45, 2.75) is 19.3 Å². The number of fused-ring (bicyclic) bond motifs is 8. The van der Waals surface area contributed by atoms with Gasteiger partial charge in [0.25, 0.3) is 0 Å². The molecule has 1 aromatic heterocycles. The maximum Gasteiger partial charge on any atom is 0.0471 e. The lowest BCUT2D eigenvalue weighted by Crippen LogP contribution is -2.15. The van der Waals surface area contributed by atoms with Gasteiger partial charge in [-0.25, -0.2) is 0 Å². The van der Waals surface area contributed by atoms with E-state index in [1.54, 1.807) is 0 Å². The first-order valence-electron chi connectivity index (χ1n) is 13.4. The molecular weight excluding hydrogens is 458 g/mol. The van der Waals surface area contributed by atoms with E-state index in [9.17, 15) is 0 Å². The number of aromatic nitrogens is 1. The zero-order valence-corrected chi connectivity index (χ0v) is 21.5. The molecule has 6 aromatic carbocycles. The van der Waals surface area contributed by atoms with Crippen LogP contribution in [0.15, 0.2) is 121 Å². The van der Waals surface area contributed by atoms with Crippen molar-refractivity contribution in [2.24, 2.45) is 0 Å². The van der Waals surface area contributed by atoms with Crippen LogP contribution in [0, 0.1) is 0 Å². The number of benzene rings is 6. The molecule has 0 radical (unpaired) electrons. The molecule has 7 aromatic rings. The summed E-state index contributed by atoms with van der Waals surface area (Å²) in [6, 6.07) is 44.5. The summed E-state index contributed by atoms with van der Waals surface area (Å²) in [6.07, 6.45) is 0. The molecule has 0 atom stereocenters. The molecule has 180 valence electrons. The Morgan fingerprint density at radius 2 is 1.13 bits per heavy atom. The first-order chi connectivity index (χ1) is 18.6. The Morgan fingerprint density at radius 1 is 0.474 bits per heavy atom. The molecule has 0 amide bonds. The van der Waals surface area contributed by atoms with E-state index in [4.69, 9.17) is 0 Å². The van der Waals surface area contributed by atoms with Gasteiger partial charge in [0.05, 0.1) is 0 Å². The molecule has 0 fully saturated rings. The molecule has 0 aliphatic heterocycles. The molecule has 1 nitrogen and oxygen atoms in total. The summed E-state index contributed by atoms with van der Waals surface area (Å²) in [5.74, 6) is 0. The van der Waals surface area contributed by atoms with Gasteiger partial charge < -0.3 is 4.98 Å². The van der Waals surface area contributed by atoms with Gasteiger partial charge in [0.15, 0.2) is 0 Å². The van der Waals surface area contributed by atoms with E-state index in [2.05, 4.69) is 140 Å². The number of nitrogens with one attached hydrogen (secondary N) is 1. The maximum absolute atomic E-state index is 3.72. The van der Waals surface area contributed by atoms with E-state index in [0.29, 0.717) is 0 Å². The Kier molecular flexibility index (Phi) is 4.35. The Labute approximate surface area is 222 Å². The molecule has 1 heterocycles. The Hall–Kier alpha value is -4.62. The van der Waals surface area contributed by atoms with Gasteiger partial charge >= 0.3 is 0 Å². The second-order valence-corrected chi connectivity index (χ2v) is 11.1. The zero-order chi connectivity index (χ0) is 25.4. The van der Waals surface area contributed by atoms with Crippen LogP contribution in [-0.2, 0) is 5.41 Å². The number of rotatable bonds is 2. The van der Waals surface area contributed by atoms with Crippen LogP contribution in [0.4, 0.5) is 0 Å². The molecule has 0 saturated carbocycles. The first-order valence-corrected chi connectivity index (χ1v) is 13.4. The quantitative estimate of drug-likeness (QED) is 0.251. The highest BCUT2D eigenvalue weighted by Crippen LogP contribution is 2.52. The van der Waals surface area contributed by atoms with E-state index in [1.165, 1.54) is 77.1 Å². The summed E-state index contributed by atoms with van der Waals surface area (Å²) >= 11 is 0. The summed E-state index contributed by atoms with van der Waals surface area (Å²) in [5, 5.41) is 5.20. The van der Waals surface area contributed by atoms with Crippen molar-refractivity contribution in [3.8, 4) is 33.4 Å². The largest absolute Gasteiger partial charge is 0.354 e. The highest BCUT2D eigenvalue weighted by molar-refractivity contribution is 6.14. The SMILES string of the molecule is CC1(C)c2ccc(-c3ccccc3)cc2-c2ccc3cc4c(cc3c21)[nH]c1ccc(-c2ccccc2)cc14. The van der Waals surface area contributed by atoms with Gasteiger partial charge in [-0.15, -0.1) is 0 Å². The molecule has 38 heavy (non-hydrogen) atoms. The van der Waals surface area contributed by atoms with Crippen LogP contribution in [0.2, 0.25) is 0 Å². The molecule has 8 rings (SSSR count). The molecule has 0 bridgehead atoms. The minimum Gasteiger partial charge on any atom is -0.354 e. The molecule has 1 aliphatic carbocycles. The first kappa shape index (κ1) is 21.5.